The van der Waals surface area contributed by atoms with Crippen LogP contribution in [0.25, 0.3) is 10.9 Å². The normalized spacial score (nSPS) is 10.6. The van der Waals surface area contributed by atoms with Crippen molar-refractivity contribution in [1.29, 1.82) is 0 Å². The molecule has 0 fully saturated rings. The van der Waals surface area contributed by atoms with Gasteiger partial charge >= 0.3 is 6.03 Å². The van der Waals surface area contributed by atoms with E-state index in [1.54, 1.807) is 0 Å². The molecule has 4 heteroatoms. The molecule has 0 spiro atoms. The Kier molecular flexibility index (Phi) is 3.36. The van der Waals surface area contributed by atoms with E-state index in [4.69, 9.17) is 0 Å². The van der Waals surface area contributed by atoms with Crippen LogP contribution in [-0.4, -0.2) is 11.0 Å². The van der Waals surface area contributed by atoms with Gasteiger partial charge in [0.15, 0.2) is 0 Å². The van der Waals surface area contributed by atoms with E-state index in [0.717, 1.165) is 33.5 Å². The van der Waals surface area contributed by atoms with Crippen LogP contribution in [0.5, 0.6) is 0 Å². The fourth-order valence-corrected chi connectivity index (χ4v) is 2.29. The lowest BCUT2D eigenvalue weighted by atomic mass is 10.2. The van der Waals surface area contributed by atoms with E-state index in [1.807, 2.05) is 56.3 Å². The Hall–Kier alpha value is -2.75. The summed E-state index contributed by atoms with van der Waals surface area (Å²) in [4.78, 5) is 15.2. The fourth-order valence-electron chi connectivity index (χ4n) is 2.29. The van der Waals surface area contributed by atoms with Crippen molar-refractivity contribution >= 4 is 28.3 Å². The molecule has 0 atom stereocenters. The van der Waals surface area contributed by atoms with E-state index in [-0.39, 0.29) is 6.03 Å². The average Bonchev–Trinajstić information content (AvgIpc) is 2.80. The summed E-state index contributed by atoms with van der Waals surface area (Å²) in [7, 11) is 0. The average molecular weight is 279 g/mol. The highest BCUT2D eigenvalue weighted by Gasteiger charge is 2.04. The number of anilines is 2. The number of nitrogens with one attached hydrogen (secondary N) is 3. The maximum Gasteiger partial charge on any atom is 0.323 e. The number of aromatic amines is 1. The number of hydrogen-bond acceptors (Lipinski definition) is 1. The van der Waals surface area contributed by atoms with Gasteiger partial charge in [-0.25, -0.2) is 4.79 Å². The largest absolute Gasteiger partial charge is 0.359 e. The zero-order valence-electron chi connectivity index (χ0n) is 12.0. The molecule has 3 rings (SSSR count). The Bertz CT molecular complexity index is 787. The molecule has 0 saturated carbocycles. The van der Waals surface area contributed by atoms with Gasteiger partial charge in [-0.1, -0.05) is 17.7 Å². The summed E-state index contributed by atoms with van der Waals surface area (Å²) in [6.45, 7) is 4.02. The summed E-state index contributed by atoms with van der Waals surface area (Å²) in [5.41, 5.74) is 4.88. The molecule has 0 saturated heterocycles. The second-order valence-corrected chi connectivity index (χ2v) is 5.20. The zero-order chi connectivity index (χ0) is 14.8. The van der Waals surface area contributed by atoms with Gasteiger partial charge in [-0.3, -0.25) is 0 Å². The third kappa shape index (κ3) is 3.05. The number of benzene rings is 2. The summed E-state index contributed by atoms with van der Waals surface area (Å²) >= 11 is 0. The van der Waals surface area contributed by atoms with Crippen LogP contribution in [0, 0.1) is 13.8 Å². The molecule has 0 aliphatic heterocycles. The second-order valence-electron chi connectivity index (χ2n) is 5.20. The van der Waals surface area contributed by atoms with E-state index in [2.05, 4.69) is 21.7 Å². The van der Waals surface area contributed by atoms with Crippen LogP contribution in [0.4, 0.5) is 16.2 Å². The smallest absolute Gasteiger partial charge is 0.323 e. The molecule has 2 aromatic carbocycles. The van der Waals surface area contributed by atoms with E-state index >= 15 is 0 Å². The van der Waals surface area contributed by atoms with Crippen LogP contribution in [0.2, 0.25) is 0 Å². The lowest BCUT2D eigenvalue weighted by Gasteiger charge is -2.08. The number of carbonyl (C=O) groups is 1. The van der Waals surface area contributed by atoms with Crippen LogP contribution in [0.3, 0.4) is 0 Å². The van der Waals surface area contributed by atoms with Crippen LogP contribution in [-0.2, 0) is 0 Å². The van der Waals surface area contributed by atoms with Gasteiger partial charge in [0.05, 0.1) is 0 Å². The Labute approximate surface area is 123 Å². The van der Waals surface area contributed by atoms with Crippen molar-refractivity contribution in [3.05, 3.63) is 59.8 Å². The summed E-state index contributed by atoms with van der Waals surface area (Å²) in [5, 5.41) is 6.74. The molecular formula is C17H17N3O. The summed E-state index contributed by atoms with van der Waals surface area (Å²) in [6, 6.07) is 15.3. The maximum absolute atomic E-state index is 12.0. The molecule has 3 N–H and O–H groups in total. The Morgan fingerprint density at radius 2 is 1.57 bits per heavy atom. The summed E-state index contributed by atoms with van der Waals surface area (Å²) in [5.74, 6) is 0. The number of hydrogen-bond donors (Lipinski definition) is 3. The first kappa shape index (κ1) is 13.2. The second kappa shape index (κ2) is 5.32. The lowest BCUT2D eigenvalue weighted by Crippen LogP contribution is -2.19. The Morgan fingerprint density at radius 1 is 0.905 bits per heavy atom. The Morgan fingerprint density at radius 3 is 2.33 bits per heavy atom. The first-order valence-electron chi connectivity index (χ1n) is 6.84. The van der Waals surface area contributed by atoms with E-state index < -0.39 is 0 Å². The van der Waals surface area contributed by atoms with Gasteiger partial charge in [0.25, 0.3) is 0 Å². The van der Waals surface area contributed by atoms with Crippen LogP contribution in [0.15, 0.2) is 48.5 Å². The van der Waals surface area contributed by atoms with Gasteiger partial charge in [-0.05, 0) is 50.2 Å². The predicted octanol–water partition coefficient (Wildman–Crippen LogP) is 4.43. The van der Waals surface area contributed by atoms with E-state index in [1.165, 1.54) is 0 Å². The van der Waals surface area contributed by atoms with Gasteiger partial charge < -0.3 is 15.6 Å². The first-order valence-corrected chi connectivity index (χ1v) is 6.84. The molecule has 21 heavy (non-hydrogen) atoms. The maximum atomic E-state index is 12.0. The SMILES string of the molecule is Cc1ccc(NC(=O)Nc2ccc3[nH]c(C)cc3c2)cc1. The minimum Gasteiger partial charge on any atom is -0.359 e. The quantitative estimate of drug-likeness (QED) is 0.638. The number of fused-ring (bicyclic) bond motifs is 1. The lowest BCUT2D eigenvalue weighted by molar-refractivity contribution is 0.262. The highest BCUT2D eigenvalue weighted by Crippen LogP contribution is 2.20. The topological polar surface area (TPSA) is 56.9 Å². The van der Waals surface area contributed by atoms with E-state index in [0.29, 0.717) is 0 Å². The highest BCUT2D eigenvalue weighted by molar-refractivity contribution is 6.01. The number of aryl methyl sites for hydroxylation is 2. The van der Waals surface area contributed by atoms with Gasteiger partial charge in [0, 0.05) is 28.0 Å². The van der Waals surface area contributed by atoms with E-state index in [9.17, 15) is 4.79 Å². The zero-order valence-corrected chi connectivity index (χ0v) is 12.0. The van der Waals surface area contributed by atoms with Gasteiger partial charge in [0.2, 0.25) is 0 Å². The molecule has 1 heterocycles. The minimum absolute atomic E-state index is 0.245. The highest BCUT2D eigenvalue weighted by atomic mass is 16.2. The fraction of sp³-hybridized carbons (Fsp3) is 0.118. The molecule has 0 bridgehead atoms. The number of carbonyl (C=O) groups excluding carboxylic acids is 1. The monoisotopic (exact) mass is 279 g/mol. The molecule has 0 aliphatic rings. The van der Waals surface area contributed by atoms with Gasteiger partial charge in [-0.15, -0.1) is 0 Å². The molecule has 0 radical (unpaired) electrons. The number of rotatable bonds is 2. The molecule has 106 valence electrons. The number of aromatic nitrogens is 1. The van der Waals surface area contributed by atoms with Crippen molar-refractivity contribution < 1.29 is 4.79 Å². The van der Waals surface area contributed by atoms with Gasteiger partial charge in [0.1, 0.15) is 0 Å². The number of urea groups is 1. The Balaban J connectivity index is 1.71. The van der Waals surface area contributed by atoms with Crippen LogP contribution >= 0.6 is 0 Å². The van der Waals surface area contributed by atoms with Crippen LogP contribution in [0.1, 0.15) is 11.3 Å². The van der Waals surface area contributed by atoms with Crippen molar-refractivity contribution in [1.82, 2.24) is 4.98 Å². The summed E-state index contributed by atoms with van der Waals surface area (Å²) in [6.07, 6.45) is 0. The predicted molar refractivity (Wildman–Crippen MR) is 86.9 cm³/mol. The molecule has 3 aromatic rings. The van der Waals surface area contributed by atoms with Crippen molar-refractivity contribution in [3.8, 4) is 0 Å². The number of amides is 2. The molecule has 2 amide bonds. The van der Waals surface area contributed by atoms with Gasteiger partial charge in [-0.2, -0.15) is 0 Å². The van der Waals surface area contributed by atoms with Crippen molar-refractivity contribution in [2.24, 2.45) is 0 Å². The molecule has 1 aromatic heterocycles. The minimum atomic E-state index is -0.245. The number of H-pyrrole nitrogens is 1. The first-order chi connectivity index (χ1) is 10.1. The van der Waals surface area contributed by atoms with Crippen molar-refractivity contribution in [2.75, 3.05) is 10.6 Å². The molecule has 0 aliphatic carbocycles. The molecular weight excluding hydrogens is 262 g/mol. The third-order valence-corrected chi connectivity index (χ3v) is 3.32. The van der Waals surface area contributed by atoms with Crippen molar-refractivity contribution in [3.63, 3.8) is 0 Å². The molecule has 4 nitrogen and oxygen atoms in total. The third-order valence-electron chi connectivity index (χ3n) is 3.32. The molecule has 0 unspecified atom stereocenters. The van der Waals surface area contributed by atoms with Crippen LogP contribution < -0.4 is 10.6 Å². The van der Waals surface area contributed by atoms with Crippen molar-refractivity contribution in [2.45, 2.75) is 13.8 Å². The standard InChI is InChI=1S/C17H17N3O/c1-11-3-5-14(6-4-11)19-17(21)20-15-7-8-16-13(10-15)9-12(2)18-16/h3-10,18H,1-2H3,(H2,19,20,21). The summed E-state index contributed by atoms with van der Waals surface area (Å²) < 4.78 is 0.